The predicted molar refractivity (Wildman–Crippen MR) is 112 cm³/mol. The van der Waals surface area contributed by atoms with Gasteiger partial charge in [0.25, 0.3) is 0 Å². The number of aryl methyl sites for hydroxylation is 2. The van der Waals surface area contributed by atoms with Crippen LogP contribution in [0.3, 0.4) is 0 Å². The Morgan fingerprint density at radius 1 is 1.10 bits per heavy atom. The number of hydrogen-bond acceptors (Lipinski definition) is 3. The summed E-state index contributed by atoms with van der Waals surface area (Å²) in [6.45, 7) is 0.507. The third-order valence-corrected chi connectivity index (χ3v) is 5.31. The molecule has 7 nitrogen and oxygen atoms in total. The number of benzene rings is 2. The van der Waals surface area contributed by atoms with Crippen molar-refractivity contribution in [3.63, 3.8) is 0 Å². The molecule has 3 amide bonds. The number of nitrogens with one attached hydrogen (secondary N) is 1. The van der Waals surface area contributed by atoms with Crippen molar-refractivity contribution in [3.05, 3.63) is 71.0 Å². The van der Waals surface area contributed by atoms with E-state index < -0.39 is 11.8 Å². The zero-order valence-electron chi connectivity index (χ0n) is 16.8. The van der Waals surface area contributed by atoms with Crippen molar-refractivity contribution in [1.82, 2.24) is 14.5 Å². The van der Waals surface area contributed by atoms with Gasteiger partial charge in [0.1, 0.15) is 5.36 Å². The van der Waals surface area contributed by atoms with Gasteiger partial charge >= 0.3 is 11.8 Å². The zero-order chi connectivity index (χ0) is 21.1. The van der Waals surface area contributed by atoms with Gasteiger partial charge < -0.3 is 9.88 Å². The largest absolute Gasteiger partial charge is 0.480 e. The molecule has 30 heavy (non-hydrogen) atoms. The smallest absolute Gasteiger partial charge is 0.350 e. The van der Waals surface area contributed by atoms with Gasteiger partial charge in [0.2, 0.25) is 11.3 Å². The summed E-state index contributed by atoms with van der Waals surface area (Å²) in [4.78, 5) is 40.0. The summed E-state index contributed by atoms with van der Waals surface area (Å²) in [6, 6.07) is 15.2. The van der Waals surface area contributed by atoms with Crippen LogP contribution in [0, 0.1) is 0 Å². The Balaban J connectivity index is 1.32. The zero-order valence-corrected chi connectivity index (χ0v) is 16.8. The highest BCUT2D eigenvalue weighted by Gasteiger charge is 2.30. The molecule has 0 saturated carbocycles. The first-order valence-corrected chi connectivity index (χ1v) is 10.0. The average Bonchev–Trinajstić information content (AvgIpc) is 3.07. The molecule has 0 unspecified atom stereocenters. The highest BCUT2D eigenvalue weighted by molar-refractivity contribution is 6.36. The van der Waals surface area contributed by atoms with Crippen LogP contribution < -0.4 is 20.6 Å². The van der Waals surface area contributed by atoms with E-state index in [1.54, 1.807) is 24.3 Å². The summed E-state index contributed by atoms with van der Waals surface area (Å²) in [5.74, 6) is -1.52. The molecule has 0 bridgehead atoms. The SMILES string of the molecule is Cn1cc(CCCC(=O)NCC[N+]2=c3ccccc3=NC(=O)C2=O)c2ccccc21. The van der Waals surface area contributed by atoms with Crippen LogP contribution in [-0.2, 0) is 27.9 Å². The van der Waals surface area contributed by atoms with E-state index in [-0.39, 0.29) is 19.0 Å². The summed E-state index contributed by atoms with van der Waals surface area (Å²) in [5, 5.41) is 5.13. The number of fused-ring (bicyclic) bond motifs is 2. The molecule has 1 aliphatic heterocycles. The predicted octanol–water partition coefficient (Wildman–Crippen LogP) is 0.495. The molecule has 2 aromatic carbocycles. The molecule has 4 rings (SSSR count). The van der Waals surface area contributed by atoms with Crippen LogP contribution in [0.1, 0.15) is 18.4 Å². The van der Waals surface area contributed by atoms with Crippen molar-refractivity contribution in [3.8, 4) is 0 Å². The Labute approximate surface area is 173 Å². The van der Waals surface area contributed by atoms with Crippen LogP contribution in [0.25, 0.3) is 10.9 Å². The minimum atomic E-state index is -0.782. The number of nitrogens with zero attached hydrogens (tertiary/aromatic N) is 3. The summed E-state index contributed by atoms with van der Waals surface area (Å²) in [6.07, 6.45) is 4.08. The molecule has 1 aliphatic rings. The Morgan fingerprint density at radius 3 is 2.73 bits per heavy atom. The first-order valence-electron chi connectivity index (χ1n) is 10.0. The van der Waals surface area contributed by atoms with Gasteiger partial charge in [-0.25, -0.2) is 4.79 Å². The molecule has 0 spiro atoms. The van der Waals surface area contributed by atoms with Crippen molar-refractivity contribution >= 4 is 28.6 Å². The van der Waals surface area contributed by atoms with E-state index in [1.165, 1.54) is 21.0 Å². The lowest BCUT2D eigenvalue weighted by Crippen LogP contribution is -2.52. The van der Waals surface area contributed by atoms with Gasteiger partial charge in [0.05, 0.1) is 6.54 Å². The molecule has 152 valence electrons. The van der Waals surface area contributed by atoms with Crippen molar-refractivity contribution in [2.24, 2.45) is 12.0 Å². The summed E-state index contributed by atoms with van der Waals surface area (Å²) < 4.78 is 3.48. The second kappa shape index (κ2) is 8.41. The van der Waals surface area contributed by atoms with Gasteiger partial charge in [0, 0.05) is 36.6 Å². The fourth-order valence-corrected chi connectivity index (χ4v) is 3.85. The Kier molecular flexibility index (Phi) is 5.52. The van der Waals surface area contributed by atoms with Crippen molar-refractivity contribution < 1.29 is 14.4 Å². The molecule has 0 aliphatic carbocycles. The highest BCUT2D eigenvalue weighted by Crippen LogP contribution is 2.21. The van der Waals surface area contributed by atoms with Crippen LogP contribution in [0.15, 0.2) is 59.7 Å². The quantitative estimate of drug-likeness (QED) is 0.461. The van der Waals surface area contributed by atoms with E-state index in [2.05, 4.69) is 33.2 Å². The van der Waals surface area contributed by atoms with E-state index in [1.807, 2.05) is 19.2 Å². The van der Waals surface area contributed by atoms with E-state index >= 15 is 0 Å². The van der Waals surface area contributed by atoms with Gasteiger partial charge in [-0.2, -0.15) is 4.99 Å². The molecule has 3 aromatic rings. The van der Waals surface area contributed by atoms with Crippen LogP contribution in [0.4, 0.5) is 0 Å². The second-order valence-corrected chi connectivity index (χ2v) is 7.35. The Hall–Kier alpha value is -3.61. The number of rotatable bonds is 7. The Morgan fingerprint density at radius 2 is 1.87 bits per heavy atom. The van der Waals surface area contributed by atoms with Gasteiger partial charge in [-0.3, -0.25) is 9.59 Å². The van der Waals surface area contributed by atoms with Gasteiger partial charge in [-0.15, -0.1) is 4.58 Å². The molecule has 2 heterocycles. The van der Waals surface area contributed by atoms with E-state index in [9.17, 15) is 14.4 Å². The third kappa shape index (κ3) is 3.91. The normalized spacial score (nSPS) is 13.3. The molecule has 0 saturated heterocycles. The number of aromatic nitrogens is 1. The molecule has 0 atom stereocenters. The fraction of sp³-hybridized carbons (Fsp3) is 0.261. The van der Waals surface area contributed by atoms with Crippen molar-refractivity contribution in [2.45, 2.75) is 19.3 Å². The fourth-order valence-electron chi connectivity index (χ4n) is 3.85. The minimum Gasteiger partial charge on any atom is -0.350 e. The topological polar surface area (TPSA) is 83.5 Å². The molecule has 0 radical (unpaired) electrons. The number of hydrogen-bond donors (Lipinski definition) is 1. The van der Waals surface area contributed by atoms with Gasteiger partial charge in [0.15, 0.2) is 6.54 Å². The Bertz CT molecular complexity index is 1270. The molecule has 0 fully saturated rings. The first-order chi connectivity index (χ1) is 14.5. The van der Waals surface area contributed by atoms with Gasteiger partial charge in [-0.1, -0.05) is 30.3 Å². The number of amides is 3. The maximum absolute atomic E-state index is 12.2. The lowest BCUT2D eigenvalue weighted by Gasteiger charge is -2.06. The monoisotopic (exact) mass is 403 g/mol. The standard InChI is InChI=1S/C23H22N4O3/c1-26-15-16(17-8-2-4-10-19(17)26)7-6-12-21(28)24-13-14-27-20-11-5-3-9-18(20)25-22(29)23(27)30/h2-5,8-11,15H,6-7,12-14H2,1H3/p+1. The number of carbonyl (C=O) groups excluding carboxylic acids is 3. The minimum absolute atomic E-state index is 0.0657. The summed E-state index contributed by atoms with van der Waals surface area (Å²) >= 11 is 0. The van der Waals surface area contributed by atoms with Crippen molar-refractivity contribution in [1.29, 1.82) is 0 Å². The molecular weight excluding hydrogens is 380 g/mol. The van der Waals surface area contributed by atoms with Crippen LogP contribution in [0.2, 0.25) is 0 Å². The first kappa shape index (κ1) is 19.7. The van der Waals surface area contributed by atoms with E-state index in [0.29, 0.717) is 17.1 Å². The number of carbonyl (C=O) groups is 3. The van der Waals surface area contributed by atoms with Crippen LogP contribution >= 0.6 is 0 Å². The molecule has 1 aromatic heterocycles. The lowest BCUT2D eigenvalue weighted by atomic mass is 10.1. The summed E-state index contributed by atoms with van der Waals surface area (Å²) in [5.41, 5.74) is 2.42. The third-order valence-electron chi connectivity index (χ3n) is 5.31. The van der Waals surface area contributed by atoms with Gasteiger partial charge in [-0.05, 0) is 30.5 Å². The average molecular weight is 403 g/mol. The van der Waals surface area contributed by atoms with E-state index in [0.717, 1.165) is 12.8 Å². The van der Waals surface area contributed by atoms with Crippen LogP contribution in [0.5, 0.6) is 0 Å². The maximum Gasteiger partial charge on any atom is 0.480 e. The molecule has 7 heteroatoms. The maximum atomic E-state index is 12.2. The molecular formula is C23H23N4O3+. The van der Waals surface area contributed by atoms with Crippen LogP contribution in [-0.4, -0.2) is 35.4 Å². The second-order valence-electron chi connectivity index (χ2n) is 7.35. The number of para-hydroxylation sites is 3. The summed E-state index contributed by atoms with van der Waals surface area (Å²) in [7, 11) is 2.02. The van der Waals surface area contributed by atoms with Crippen molar-refractivity contribution in [2.75, 3.05) is 13.1 Å². The lowest BCUT2D eigenvalue weighted by molar-refractivity contribution is -0.139. The molecule has 1 N–H and O–H groups in total. The van der Waals surface area contributed by atoms with E-state index in [4.69, 9.17) is 0 Å². The highest BCUT2D eigenvalue weighted by atomic mass is 16.2.